The Morgan fingerprint density at radius 1 is 1.67 bits per heavy atom. The molecule has 0 fully saturated rings. The minimum atomic E-state index is 1.22. The van der Waals surface area contributed by atoms with E-state index >= 15 is 0 Å². The van der Waals surface area contributed by atoms with E-state index in [4.69, 9.17) is 0 Å². The Kier molecular flexibility index (Phi) is 3.47. The molecule has 0 saturated heterocycles. The number of nitrogens with one attached hydrogen (secondary N) is 1. The number of hydrogen-bond donors (Lipinski definition) is 1. The summed E-state index contributed by atoms with van der Waals surface area (Å²) in [5.41, 5.74) is 0. The second kappa shape index (κ2) is 4.19. The molecule has 0 aromatic rings. The van der Waals surface area contributed by atoms with E-state index in [9.17, 15) is 0 Å². The van der Waals surface area contributed by atoms with Crippen LogP contribution in [0.5, 0.6) is 0 Å². The van der Waals surface area contributed by atoms with E-state index in [0.29, 0.717) is 0 Å². The van der Waals surface area contributed by atoms with Crippen LogP contribution in [0.2, 0.25) is 0 Å². The predicted octanol–water partition coefficient (Wildman–Crippen LogP) is 2.60. The summed E-state index contributed by atoms with van der Waals surface area (Å²) >= 11 is 1.61. The topological polar surface area (TPSA) is 12.0 Å². The maximum absolute atomic E-state index is 3.15. The van der Waals surface area contributed by atoms with Gasteiger partial charge in [0.05, 0.1) is 5.03 Å². The summed E-state index contributed by atoms with van der Waals surface area (Å²) in [6.07, 6.45) is 6.17. The third kappa shape index (κ3) is 2.60. The summed E-state index contributed by atoms with van der Waals surface area (Å²) in [6.45, 7) is 0. The van der Waals surface area contributed by atoms with E-state index in [1.165, 1.54) is 5.03 Å². The van der Waals surface area contributed by atoms with Gasteiger partial charge in [0.15, 0.2) is 0 Å². The zero-order valence-corrected chi connectivity index (χ0v) is 7.41. The Labute approximate surface area is 67.3 Å². The lowest BCUT2D eigenvalue weighted by Crippen LogP contribution is -1.98. The van der Waals surface area contributed by atoms with Gasteiger partial charge in [-0.05, 0) is 40.5 Å². The van der Waals surface area contributed by atoms with Crippen molar-refractivity contribution in [1.82, 2.24) is 4.72 Å². The van der Waals surface area contributed by atoms with Crippen LogP contribution in [-0.4, -0.2) is 6.26 Å². The summed E-state index contributed by atoms with van der Waals surface area (Å²) in [5, 5.41) is 3.24. The zero-order chi connectivity index (χ0) is 6.53. The molecule has 0 aromatic carbocycles. The van der Waals surface area contributed by atoms with Gasteiger partial charge in [-0.1, -0.05) is 16.9 Å². The van der Waals surface area contributed by atoms with E-state index in [0.717, 1.165) is 0 Å². The van der Waals surface area contributed by atoms with Gasteiger partial charge in [-0.25, -0.2) is 0 Å². The summed E-state index contributed by atoms with van der Waals surface area (Å²) in [4.78, 5) is 0. The van der Waals surface area contributed by atoms with Crippen molar-refractivity contribution in [3.63, 3.8) is 0 Å². The van der Waals surface area contributed by atoms with E-state index in [1.807, 2.05) is 11.5 Å². The monoisotopic (exact) mass is 177 g/mol. The minimum absolute atomic E-state index is 1.22. The Bertz CT molecular complexity index is 141. The van der Waals surface area contributed by atoms with Crippen molar-refractivity contribution in [2.75, 3.05) is 6.26 Å². The van der Waals surface area contributed by atoms with Crippen LogP contribution in [0.3, 0.4) is 0 Å². The third-order valence-corrected chi connectivity index (χ3v) is 3.11. The Morgan fingerprint density at radius 2 is 2.56 bits per heavy atom. The van der Waals surface area contributed by atoms with E-state index in [2.05, 4.69) is 17.1 Å². The number of allylic oxidation sites excluding steroid dienone is 2. The summed E-state index contributed by atoms with van der Waals surface area (Å²) in [6, 6.07) is 0. The summed E-state index contributed by atoms with van der Waals surface area (Å²) < 4.78 is 3.15. The van der Waals surface area contributed by atoms with Gasteiger partial charge in [0.1, 0.15) is 0 Å². The van der Waals surface area contributed by atoms with Crippen molar-refractivity contribution in [1.29, 1.82) is 0 Å². The SMILES string of the molecule is CSSC1=CC=CSN1. The molecular weight excluding hydrogens is 170 g/mol. The van der Waals surface area contributed by atoms with Crippen molar-refractivity contribution >= 4 is 33.5 Å². The highest BCUT2D eigenvalue weighted by Crippen LogP contribution is 2.28. The fourth-order valence-corrected chi connectivity index (χ4v) is 2.44. The fraction of sp³-hybridized carbons (Fsp3) is 0.200. The van der Waals surface area contributed by atoms with Crippen LogP contribution in [0.15, 0.2) is 22.6 Å². The molecule has 1 heterocycles. The molecule has 0 radical (unpaired) electrons. The van der Waals surface area contributed by atoms with Crippen LogP contribution >= 0.6 is 33.5 Å². The molecular formula is C5H7NS3. The molecule has 4 heteroatoms. The van der Waals surface area contributed by atoms with Crippen molar-refractivity contribution in [3.8, 4) is 0 Å². The van der Waals surface area contributed by atoms with Gasteiger partial charge in [-0.3, -0.25) is 0 Å². The number of hydrogen-bond acceptors (Lipinski definition) is 4. The van der Waals surface area contributed by atoms with E-state index in [1.54, 1.807) is 33.5 Å². The highest BCUT2D eigenvalue weighted by molar-refractivity contribution is 8.78. The molecule has 0 bridgehead atoms. The lowest BCUT2D eigenvalue weighted by Gasteiger charge is -2.06. The molecule has 0 unspecified atom stereocenters. The van der Waals surface area contributed by atoms with Crippen molar-refractivity contribution < 1.29 is 0 Å². The normalized spacial score (nSPS) is 16.8. The quantitative estimate of drug-likeness (QED) is 0.513. The fourth-order valence-electron chi connectivity index (χ4n) is 0.427. The largest absolute Gasteiger partial charge is 0.320 e. The first-order valence-corrected chi connectivity index (χ1v) is 5.86. The van der Waals surface area contributed by atoms with Gasteiger partial charge < -0.3 is 4.72 Å². The maximum Gasteiger partial charge on any atom is 0.0890 e. The zero-order valence-electron chi connectivity index (χ0n) is 4.96. The van der Waals surface area contributed by atoms with Crippen molar-refractivity contribution in [3.05, 3.63) is 22.6 Å². The van der Waals surface area contributed by atoms with Gasteiger partial charge in [0.25, 0.3) is 0 Å². The molecule has 0 aliphatic carbocycles. The van der Waals surface area contributed by atoms with Gasteiger partial charge >= 0.3 is 0 Å². The standard InChI is InChI=1S/C5H7NS3/c1-7-9-5-3-2-4-8-6-5/h2-4,6H,1H3. The Balaban J connectivity index is 2.38. The smallest absolute Gasteiger partial charge is 0.0890 e. The molecule has 1 N–H and O–H groups in total. The van der Waals surface area contributed by atoms with Crippen molar-refractivity contribution in [2.45, 2.75) is 0 Å². The molecule has 1 rings (SSSR count). The molecule has 50 valence electrons. The molecule has 0 aromatic heterocycles. The lowest BCUT2D eigenvalue weighted by atomic mass is 10.6. The summed E-state index contributed by atoms with van der Waals surface area (Å²) in [5.74, 6) is 0. The molecule has 0 saturated carbocycles. The third-order valence-electron chi connectivity index (χ3n) is 0.727. The van der Waals surface area contributed by atoms with Gasteiger partial charge in [-0.15, -0.1) is 0 Å². The molecule has 0 spiro atoms. The first-order valence-electron chi connectivity index (χ1n) is 2.42. The maximum atomic E-state index is 3.15. The van der Waals surface area contributed by atoms with Gasteiger partial charge in [-0.2, -0.15) is 0 Å². The van der Waals surface area contributed by atoms with Crippen LogP contribution < -0.4 is 4.72 Å². The van der Waals surface area contributed by atoms with E-state index < -0.39 is 0 Å². The van der Waals surface area contributed by atoms with Crippen LogP contribution in [0.4, 0.5) is 0 Å². The van der Waals surface area contributed by atoms with Gasteiger partial charge in [0, 0.05) is 0 Å². The lowest BCUT2D eigenvalue weighted by molar-refractivity contribution is 1.38. The first kappa shape index (κ1) is 7.44. The van der Waals surface area contributed by atoms with Crippen LogP contribution in [0.1, 0.15) is 0 Å². The highest BCUT2D eigenvalue weighted by atomic mass is 33.1. The molecule has 1 aliphatic rings. The van der Waals surface area contributed by atoms with Crippen LogP contribution in [0, 0.1) is 0 Å². The second-order valence-electron chi connectivity index (χ2n) is 1.33. The minimum Gasteiger partial charge on any atom is -0.320 e. The van der Waals surface area contributed by atoms with Crippen LogP contribution in [-0.2, 0) is 0 Å². The highest BCUT2D eigenvalue weighted by Gasteiger charge is 1.96. The Hall–Kier alpha value is 0.330. The second-order valence-corrected chi connectivity index (χ2v) is 4.48. The molecule has 1 aliphatic heterocycles. The average Bonchev–Trinajstić information content (AvgIpc) is 1.91. The van der Waals surface area contributed by atoms with Crippen LogP contribution in [0.25, 0.3) is 0 Å². The first-order chi connectivity index (χ1) is 4.43. The molecule has 1 nitrogen and oxygen atoms in total. The number of rotatable bonds is 2. The Morgan fingerprint density at radius 3 is 3.11 bits per heavy atom. The van der Waals surface area contributed by atoms with E-state index in [-0.39, 0.29) is 0 Å². The van der Waals surface area contributed by atoms with Gasteiger partial charge in [0.2, 0.25) is 0 Å². The summed E-state index contributed by atoms with van der Waals surface area (Å²) in [7, 11) is 3.49. The molecule has 9 heavy (non-hydrogen) atoms. The predicted molar refractivity (Wildman–Crippen MR) is 49.1 cm³/mol. The molecule has 0 amide bonds. The molecule has 0 atom stereocenters. The average molecular weight is 177 g/mol. The van der Waals surface area contributed by atoms with Crippen molar-refractivity contribution in [2.24, 2.45) is 0 Å².